The van der Waals surface area contributed by atoms with Gasteiger partial charge in [0, 0.05) is 37.2 Å². The number of nitrogens with zero attached hydrogens (tertiary/aromatic N) is 2. The predicted molar refractivity (Wildman–Crippen MR) is 113 cm³/mol. The largest absolute Gasteiger partial charge is 0.350 e. The number of rotatable bonds is 3. The molecule has 6 heteroatoms. The van der Waals surface area contributed by atoms with E-state index in [4.69, 9.17) is 9.47 Å². The molecular weight excluding hydrogens is 380 g/mol. The molecule has 5 rings (SSSR count). The van der Waals surface area contributed by atoms with E-state index >= 15 is 0 Å². The Kier molecular flexibility index (Phi) is 5.79. The minimum absolute atomic E-state index is 0.0958. The van der Waals surface area contributed by atoms with Crippen molar-refractivity contribution >= 4 is 17.5 Å². The Morgan fingerprint density at radius 1 is 0.833 bits per heavy atom. The molecule has 3 aliphatic heterocycles. The second-order valence-corrected chi connectivity index (χ2v) is 9.14. The Hall–Kier alpha value is -1.92. The van der Waals surface area contributed by atoms with E-state index in [0.29, 0.717) is 19.1 Å². The summed E-state index contributed by atoms with van der Waals surface area (Å²) < 4.78 is 11.3. The van der Waals surface area contributed by atoms with E-state index in [9.17, 15) is 9.59 Å². The average Bonchev–Trinajstić information content (AvgIpc) is 3.49. The highest BCUT2D eigenvalue weighted by molar-refractivity contribution is 5.99. The third-order valence-electron chi connectivity index (χ3n) is 7.44. The van der Waals surface area contributed by atoms with E-state index < -0.39 is 0 Å². The molecule has 0 radical (unpaired) electrons. The first kappa shape index (κ1) is 20.0. The predicted octanol–water partition coefficient (Wildman–Crippen LogP) is 2.99. The first-order valence-electron chi connectivity index (χ1n) is 11.6. The summed E-state index contributed by atoms with van der Waals surface area (Å²) in [4.78, 5) is 30.9. The van der Waals surface area contributed by atoms with E-state index in [0.717, 1.165) is 70.3 Å². The third kappa shape index (κ3) is 3.76. The number of carbonyl (C=O) groups is 2. The number of anilines is 1. The molecular formula is C24H32N2O4. The number of fused-ring (bicyclic) bond motifs is 1. The second-order valence-electron chi connectivity index (χ2n) is 9.14. The van der Waals surface area contributed by atoms with Crippen molar-refractivity contribution in [3.8, 4) is 0 Å². The van der Waals surface area contributed by atoms with Gasteiger partial charge in [0.15, 0.2) is 6.29 Å². The summed E-state index contributed by atoms with van der Waals surface area (Å²) in [7, 11) is 0. The van der Waals surface area contributed by atoms with E-state index in [1.807, 2.05) is 28.0 Å². The number of hydrogen-bond acceptors (Lipinski definition) is 4. The van der Waals surface area contributed by atoms with Crippen LogP contribution < -0.4 is 4.90 Å². The quantitative estimate of drug-likeness (QED) is 0.766. The van der Waals surface area contributed by atoms with Crippen molar-refractivity contribution in [2.24, 2.45) is 17.8 Å². The number of amides is 2. The molecule has 0 N–H and O–H groups in total. The van der Waals surface area contributed by atoms with Gasteiger partial charge in [-0.1, -0.05) is 31.0 Å². The van der Waals surface area contributed by atoms with Crippen LogP contribution in [0.25, 0.3) is 0 Å². The van der Waals surface area contributed by atoms with Crippen molar-refractivity contribution in [3.63, 3.8) is 0 Å². The molecule has 1 aromatic rings. The van der Waals surface area contributed by atoms with Gasteiger partial charge in [0.05, 0.1) is 19.1 Å². The van der Waals surface area contributed by atoms with Crippen LogP contribution >= 0.6 is 0 Å². The number of carbonyl (C=O) groups excluding carboxylic acids is 2. The van der Waals surface area contributed by atoms with Gasteiger partial charge in [-0.25, -0.2) is 0 Å². The van der Waals surface area contributed by atoms with Crippen molar-refractivity contribution < 1.29 is 19.1 Å². The SMILES string of the molecule is O=C(C1CCCCC1C(=O)N1CCc2ccccc21)N1CCC(C2OCCO2)CC1. The van der Waals surface area contributed by atoms with Crippen LogP contribution in [0.4, 0.5) is 5.69 Å². The maximum absolute atomic E-state index is 13.5. The molecule has 2 amide bonds. The molecule has 4 aliphatic rings. The van der Waals surface area contributed by atoms with Crippen LogP contribution in [0.5, 0.6) is 0 Å². The summed E-state index contributed by atoms with van der Waals surface area (Å²) in [5.41, 5.74) is 2.28. The molecule has 30 heavy (non-hydrogen) atoms. The van der Waals surface area contributed by atoms with Gasteiger partial charge in [0.1, 0.15) is 0 Å². The first-order valence-corrected chi connectivity index (χ1v) is 11.6. The van der Waals surface area contributed by atoms with Crippen molar-refractivity contribution in [3.05, 3.63) is 29.8 Å². The topological polar surface area (TPSA) is 59.1 Å². The zero-order chi connectivity index (χ0) is 20.5. The van der Waals surface area contributed by atoms with Gasteiger partial charge in [-0.2, -0.15) is 0 Å². The second kappa shape index (κ2) is 8.67. The molecule has 3 heterocycles. The highest BCUT2D eigenvalue weighted by Gasteiger charge is 2.42. The lowest BCUT2D eigenvalue weighted by atomic mass is 9.77. The molecule has 0 spiro atoms. The van der Waals surface area contributed by atoms with Gasteiger partial charge in [-0.05, 0) is 43.7 Å². The van der Waals surface area contributed by atoms with Crippen LogP contribution in [0.2, 0.25) is 0 Å². The lowest BCUT2D eigenvalue weighted by Crippen LogP contribution is -2.49. The number of benzene rings is 1. The van der Waals surface area contributed by atoms with Crippen molar-refractivity contribution in [1.29, 1.82) is 0 Å². The first-order chi connectivity index (χ1) is 14.7. The number of para-hydroxylation sites is 1. The van der Waals surface area contributed by atoms with Gasteiger partial charge in [0.2, 0.25) is 11.8 Å². The van der Waals surface area contributed by atoms with Crippen LogP contribution in [0, 0.1) is 17.8 Å². The van der Waals surface area contributed by atoms with Crippen molar-refractivity contribution in [2.75, 3.05) is 37.7 Å². The minimum atomic E-state index is -0.184. The summed E-state index contributed by atoms with van der Waals surface area (Å²) in [5, 5.41) is 0. The molecule has 2 atom stereocenters. The normalized spacial score (nSPS) is 28.0. The highest BCUT2D eigenvalue weighted by atomic mass is 16.7. The van der Waals surface area contributed by atoms with Gasteiger partial charge < -0.3 is 19.3 Å². The fourth-order valence-electron chi connectivity index (χ4n) is 5.76. The third-order valence-corrected chi connectivity index (χ3v) is 7.44. The van der Waals surface area contributed by atoms with Gasteiger partial charge in [-0.15, -0.1) is 0 Å². The Bertz CT molecular complexity index is 783. The fraction of sp³-hybridized carbons (Fsp3) is 0.667. The smallest absolute Gasteiger partial charge is 0.230 e. The number of piperidine rings is 1. The summed E-state index contributed by atoms with van der Waals surface area (Å²) in [6.45, 7) is 3.58. The Morgan fingerprint density at radius 2 is 1.50 bits per heavy atom. The Labute approximate surface area is 178 Å². The van der Waals surface area contributed by atoms with Crippen LogP contribution in [0.1, 0.15) is 44.1 Å². The van der Waals surface area contributed by atoms with E-state index in [1.165, 1.54) is 5.56 Å². The molecule has 0 aromatic heterocycles. The van der Waals surface area contributed by atoms with Crippen molar-refractivity contribution in [2.45, 2.75) is 51.2 Å². The molecule has 1 saturated carbocycles. The maximum Gasteiger partial charge on any atom is 0.230 e. The van der Waals surface area contributed by atoms with Crippen LogP contribution in [-0.4, -0.2) is 55.9 Å². The summed E-state index contributed by atoms with van der Waals surface area (Å²) in [5.74, 6) is 0.362. The molecule has 1 aromatic carbocycles. The molecule has 1 aliphatic carbocycles. The fourth-order valence-corrected chi connectivity index (χ4v) is 5.76. The zero-order valence-electron chi connectivity index (χ0n) is 17.6. The molecule has 0 bridgehead atoms. The maximum atomic E-state index is 13.5. The number of ether oxygens (including phenoxy) is 2. The lowest BCUT2D eigenvalue weighted by Gasteiger charge is -2.39. The van der Waals surface area contributed by atoms with E-state index in [1.54, 1.807) is 0 Å². The molecule has 6 nitrogen and oxygen atoms in total. The standard InChI is InChI=1S/C24H32N2O4/c27-22(25-12-9-18(10-13-25)24-29-15-16-30-24)19-6-2-3-7-20(19)23(28)26-14-11-17-5-1-4-8-21(17)26/h1,4-5,8,18-20,24H,2-3,6-7,9-16H2. The lowest BCUT2D eigenvalue weighted by molar-refractivity contribution is -0.146. The summed E-state index contributed by atoms with van der Waals surface area (Å²) >= 11 is 0. The summed E-state index contributed by atoms with van der Waals surface area (Å²) in [6, 6.07) is 8.17. The minimum Gasteiger partial charge on any atom is -0.350 e. The van der Waals surface area contributed by atoms with Gasteiger partial charge >= 0.3 is 0 Å². The molecule has 2 saturated heterocycles. The average molecular weight is 413 g/mol. The van der Waals surface area contributed by atoms with Gasteiger partial charge in [0.25, 0.3) is 0 Å². The van der Waals surface area contributed by atoms with E-state index in [-0.39, 0.29) is 29.9 Å². The zero-order valence-corrected chi connectivity index (χ0v) is 17.6. The molecule has 3 fully saturated rings. The monoisotopic (exact) mass is 412 g/mol. The van der Waals surface area contributed by atoms with Crippen LogP contribution in [-0.2, 0) is 25.5 Å². The van der Waals surface area contributed by atoms with Gasteiger partial charge in [-0.3, -0.25) is 9.59 Å². The highest BCUT2D eigenvalue weighted by Crippen LogP contribution is 2.37. The Morgan fingerprint density at radius 3 is 2.23 bits per heavy atom. The number of likely N-dealkylation sites (tertiary alicyclic amines) is 1. The summed E-state index contributed by atoms with van der Waals surface area (Å²) in [6.07, 6.45) is 6.38. The molecule has 162 valence electrons. The van der Waals surface area contributed by atoms with Crippen LogP contribution in [0.15, 0.2) is 24.3 Å². The Balaban J connectivity index is 1.25. The molecule has 2 unspecified atom stereocenters. The van der Waals surface area contributed by atoms with Crippen LogP contribution in [0.3, 0.4) is 0 Å². The number of hydrogen-bond donors (Lipinski definition) is 0. The van der Waals surface area contributed by atoms with Crippen molar-refractivity contribution in [1.82, 2.24) is 4.90 Å². The van der Waals surface area contributed by atoms with E-state index in [2.05, 4.69) is 6.07 Å².